The molecule has 0 aromatic heterocycles. The second-order valence-electron chi connectivity index (χ2n) is 7.11. The van der Waals surface area contributed by atoms with Crippen LogP contribution in [0.2, 0.25) is 0 Å². The van der Waals surface area contributed by atoms with Crippen molar-refractivity contribution in [1.82, 2.24) is 0 Å². The maximum atomic E-state index is 15.2. The van der Waals surface area contributed by atoms with Gasteiger partial charge >= 0.3 is 7.60 Å². The minimum absolute atomic E-state index is 0.121. The molecule has 3 rings (SSSR count). The van der Waals surface area contributed by atoms with Crippen LogP contribution in [0, 0.1) is 0 Å². The van der Waals surface area contributed by atoms with E-state index in [4.69, 9.17) is 18.5 Å². The Labute approximate surface area is 169 Å². The highest BCUT2D eigenvalue weighted by Crippen LogP contribution is 2.56. The Bertz CT molecular complexity index is 810. The summed E-state index contributed by atoms with van der Waals surface area (Å²) in [5, 5.41) is 0. The van der Waals surface area contributed by atoms with E-state index in [-0.39, 0.29) is 19.8 Å². The van der Waals surface area contributed by atoms with Crippen molar-refractivity contribution in [3.8, 4) is 0 Å². The molecule has 2 aromatic carbocycles. The number of carbonyl (C=O) groups excluding carboxylic acids is 1. The number of benzene rings is 2. The summed E-state index contributed by atoms with van der Waals surface area (Å²) in [6.45, 7) is 2.79. The summed E-state index contributed by atoms with van der Waals surface area (Å²) in [5.41, 5.74) is 1.36. The van der Waals surface area contributed by atoms with E-state index in [0.717, 1.165) is 0 Å². The predicted molar refractivity (Wildman–Crippen MR) is 105 cm³/mol. The van der Waals surface area contributed by atoms with Crippen LogP contribution < -0.4 is 0 Å². The van der Waals surface area contributed by atoms with Crippen LogP contribution in [0.15, 0.2) is 60.7 Å². The van der Waals surface area contributed by atoms with Gasteiger partial charge in [0.1, 0.15) is 6.10 Å². The summed E-state index contributed by atoms with van der Waals surface area (Å²) in [6, 6.07) is 17.7. The average Bonchev–Trinajstić information content (AvgIpc) is 3.11. The van der Waals surface area contributed by atoms with E-state index < -0.39 is 31.2 Å². The fourth-order valence-electron chi connectivity index (χ4n) is 2.78. The highest BCUT2D eigenvalue weighted by Gasteiger charge is 2.48. The normalized spacial score (nSPS) is 19.8. The molecule has 0 aliphatic carbocycles. The first-order valence-electron chi connectivity index (χ1n) is 9.25. The van der Waals surface area contributed by atoms with Crippen LogP contribution in [0.1, 0.15) is 25.0 Å². The summed E-state index contributed by atoms with van der Waals surface area (Å²) >= 11 is 0. The maximum absolute atomic E-state index is 15.2. The molecule has 8 heteroatoms. The van der Waals surface area contributed by atoms with Gasteiger partial charge in [-0.15, -0.1) is 0 Å². The zero-order chi connectivity index (χ0) is 20.9. The van der Waals surface area contributed by atoms with Crippen molar-refractivity contribution in [2.45, 2.75) is 44.9 Å². The molecule has 0 bridgehead atoms. The number of carbonyl (C=O) groups is 1. The topological polar surface area (TPSA) is 71.1 Å². The highest BCUT2D eigenvalue weighted by molar-refractivity contribution is 7.55. The number of hydrogen-bond acceptors (Lipinski definition) is 6. The molecule has 1 aliphatic heterocycles. The van der Waals surface area contributed by atoms with Gasteiger partial charge in [-0.1, -0.05) is 60.7 Å². The molecule has 29 heavy (non-hydrogen) atoms. The van der Waals surface area contributed by atoms with Gasteiger partial charge in [0.2, 0.25) is 5.78 Å². The number of halogens is 1. The summed E-state index contributed by atoms with van der Waals surface area (Å²) in [4.78, 5) is 12.6. The van der Waals surface area contributed by atoms with E-state index in [2.05, 4.69) is 0 Å². The van der Waals surface area contributed by atoms with Gasteiger partial charge in [-0.25, -0.2) is 4.39 Å². The standard InChI is InChI=1S/C21H24FO6P/c1-21(2)25-15-18(28-21)19(23)20(22)29(24,26-13-16-9-5-3-6-10-16)27-14-17-11-7-4-8-12-17/h3-12,18,20H,13-15H2,1-2H3. The van der Waals surface area contributed by atoms with Gasteiger partial charge in [0, 0.05) is 0 Å². The number of ether oxygens (including phenoxy) is 2. The van der Waals surface area contributed by atoms with Crippen molar-refractivity contribution >= 4 is 13.4 Å². The van der Waals surface area contributed by atoms with E-state index in [1.54, 1.807) is 62.4 Å². The molecule has 156 valence electrons. The van der Waals surface area contributed by atoms with Gasteiger partial charge < -0.3 is 18.5 Å². The Morgan fingerprint density at radius 2 is 1.55 bits per heavy atom. The second kappa shape index (κ2) is 9.28. The molecule has 1 saturated heterocycles. The van der Waals surface area contributed by atoms with Crippen LogP contribution in [0.5, 0.6) is 0 Å². The number of ketones is 1. The zero-order valence-electron chi connectivity index (χ0n) is 16.3. The average molecular weight is 422 g/mol. The quantitative estimate of drug-likeness (QED) is 0.549. The molecule has 0 spiro atoms. The summed E-state index contributed by atoms with van der Waals surface area (Å²) in [5.74, 6) is -4.52. The Hall–Kier alpha value is -1.89. The molecule has 1 aliphatic rings. The second-order valence-corrected chi connectivity index (χ2v) is 9.16. The smallest absolute Gasteiger partial charge is 0.347 e. The molecule has 2 unspecified atom stereocenters. The largest absolute Gasteiger partial charge is 0.372 e. The van der Waals surface area contributed by atoms with E-state index >= 15 is 4.39 Å². The van der Waals surface area contributed by atoms with Gasteiger partial charge in [0.15, 0.2) is 5.79 Å². The van der Waals surface area contributed by atoms with Crippen LogP contribution in [0.4, 0.5) is 4.39 Å². The van der Waals surface area contributed by atoms with Crippen LogP contribution in [0.25, 0.3) is 0 Å². The molecule has 0 N–H and O–H groups in total. The van der Waals surface area contributed by atoms with Crippen LogP contribution >= 0.6 is 7.60 Å². The number of Topliss-reactive ketones (excluding diaryl/α,β-unsaturated/α-hetero) is 1. The first-order chi connectivity index (χ1) is 13.8. The van der Waals surface area contributed by atoms with Gasteiger partial charge in [-0.2, -0.15) is 0 Å². The monoisotopic (exact) mass is 422 g/mol. The maximum Gasteiger partial charge on any atom is 0.372 e. The minimum atomic E-state index is -4.44. The summed E-state index contributed by atoms with van der Waals surface area (Å²) in [6.07, 6.45) is -1.17. The number of hydrogen-bond donors (Lipinski definition) is 0. The lowest BCUT2D eigenvalue weighted by Gasteiger charge is -2.23. The SMILES string of the molecule is CC1(C)OCC(C(=O)C(F)P(=O)(OCc2ccccc2)OCc2ccccc2)O1. The molecule has 6 nitrogen and oxygen atoms in total. The van der Waals surface area contributed by atoms with E-state index in [1.165, 1.54) is 0 Å². The molecule has 0 saturated carbocycles. The number of alkyl halides is 1. The van der Waals surface area contributed by atoms with Crippen LogP contribution in [0.3, 0.4) is 0 Å². The Morgan fingerprint density at radius 3 is 1.97 bits per heavy atom. The fraction of sp³-hybridized carbons (Fsp3) is 0.381. The number of rotatable bonds is 9. The minimum Gasteiger partial charge on any atom is -0.347 e. The third-order valence-electron chi connectivity index (χ3n) is 4.35. The van der Waals surface area contributed by atoms with Gasteiger partial charge in [-0.05, 0) is 25.0 Å². The van der Waals surface area contributed by atoms with Gasteiger partial charge in [-0.3, -0.25) is 9.36 Å². The third-order valence-corrected chi connectivity index (χ3v) is 6.13. The molecular formula is C21H24FO6P. The predicted octanol–water partition coefficient (Wildman–Crippen LogP) is 4.63. The van der Waals surface area contributed by atoms with Crippen molar-refractivity contribution in [1.29, 1.82) is 0 Å². The lowest BCUT2D eigenvalue weighted by Crippen LogP contribution is -2.33. The molecule has 0 amide bonds. The van der Waals surface area contributed by atoms with Crippen molar-refractivity contribution in [2.75, 3.05) is 6.61 Å². The summed E-state index contributed by atoms with van der Waals surface area (Å²) < 4.78 is 49.9. The first-order valence-corrected chi connectivity index (χ1v) is 10.9. The molecular weight excluding hydrogens is 398 g/mol. The van der Waals surface area contributed by atoms with Gasteiger partial charge in [0.25, 0.3) is 5.91 Å². The Morgan fingerprint density at radius 1 is 1.07 bits per heavy atom. The molecule has 1 fully saturated rings. The van der Waals surface area contributed by atoms with E-state index in [0.29, 0.717) is 11.1 Å². The summed E-state index contributed by atoms with van der Waals surface area (Å²) in [7, 11) is -4.44. The lowest BCUT2D eigenvalue weighted by atomic mass is 10.2. The van der Waals surface area contributed by atoms with Crippen molar-refractivity contribution in [3.05, 3.63) is 71.8 Å². The van der Waals surface area contributed by atoms with Crippen molar-refractivity contribution in [3.63, 3.8) is 0 Å². The van der Waals surface area contributed by atoms with Crippen LogP contribution in [-0.4, -0.2) is 30.2 Å². The molecule has 2 aromatic rings. The zero-order valence-corrected chi connectivity index (χ0v) is 17.2. The fourth-order valence-corrected chi connectivity index (χ4v) is 4.25. The van der Waals surface area contributed by atoms with Crippen molar-refractivity contribution in [2.24, 2.45) is 0 Å². The highest BCUT2D eigenvalue weighted by atomic mass is 31.2. The molecule has 0 radical (unpaired) electrons. The Kier molecular flexibility index (Phi) is 6.98. The van der Waals surface area contributed by atoms with E-state index in [1.807, 2.05) is 12.1 Å². The lowest BCUT2D eigenvalue weighted by molar-refractivity contribution is -0.153. The first kappa shape index (κ1) is 21.8. The molecule has 2 atom stereocenters. The van der Waals surface area contributed by atoms with Crippen LogP contribution in [-0.2, 0) is 41.1 Å². The third kappa shape index (κ3) is 5.81. The van der Waals surface area contributed by atoms with Crippen molar-refractivity contribution < 1.29 is 32.3 Å². The van der Waals surface area contributed by atoms with Gasteiger partial charge in [0.05, 0.1) is 19.8 Å². The Balaban J connectivity index is 1.75. The molecule has 1 heterocycles. The van der Waals surface area contributed by atoms with E-state index in [9.17, 15) is 9.36 Å².